The number of ether oxygens (including phenoxy) is 1. The molecule has 1 fully saturated rings. The third-order valence-corrected chi connectivity index (χ3v) is 10.5. The summed E-state index contributed by atoms with van der Waals surface area (Å²) >= 11 is 0. The van der Waals surface area contributed by atoms with Crippen LogP contribution in [-0.2, 0) is 47.3 Å². The number of hydrogen-bond acceptors (Lipinski definition) is 18. The molecular formula is C18H24N6O18P4. The van der Waals surface area contributed by atoms with E-state index in [2.05, 4.69) is 42.1 Å². The zero-order valence-electron chi connectivity index (χ0n) is 22.8. The number of nitrogens with two attached hydrogens (primary N) is 1. The summed E-state index contributed by atoms with van der Waals surface area (Å²) in [5.74, 6) is -0.691. The number of carbonyl (C=O) groups is 1. The molecule has 1 saturated heterocycles. The van der Waals surface area contributed by atoms with Gasteiger partial charge in [-0.2, -0.15) is 8.62 Å². The number of anilines is 1. The fourth-order valence-corrected chi connectivity index (χ4v) is 7.87. The van der Waals surface area contributed by atoms with Gasteiger partial charge in [0.1, 0.15) is 30.2 Å². The summed E-state index contributed by atoms with van der Waals surface area (Å²) < 4.78 is 76.2. The third kappa shape index (κ3) is 8.65. The maximum Gasteiger partial charge on any atom is 0.524 e. The van der Waals surface area contributed by atoms with E-state index in [-0.39, 0.29) is 29.0 Å². The maximum atomic E-state index is 12.3. The molecule has 0 aliphatic carbocycles. The molecular weight excluding hydrogens is 712 g/mol. The molecule has 46 heavy (non-hydrogen) atoms. The lowest BCUT2D eigenvalue weighted by atomic mass is 10.1. The Morgan fingerprint density at radius 3 is 2.24 bits per heavy atom. The molecule has 1 aliphatic rings. The van der Waals surface area contributed by atoms with Crippen molar-refractivity contribution in [3.63, 3.8) is 0 Å². The molecule has 1 aliphatic heterocycles. The average molecular weight is 736 g/mol. The van der Waals surface area contributed by atoms with Crippen LogP contribution in [0.5, 0.6) is 5.75 Å². The maximum absolute atomic E-state index is 12.3. The van der Waals surface area contributed by atoms with Crippen LogP contribution in [0.3, 0.4) is 0 Å². The van der Waals surface area contributed by atoms with Gasteiger partial charge in [-0.15, -0.1) is 0 Å². The molecule has 0 radical (unpaired) electrons. The number of pyridine rings is 1. The number of carbonyl (C=O) groups excluding carboxylic acids is 1. The van der Waals surface area contributed by atoms with E-state index in [0.717, 1.165) is 12.5 Å². The van der Waals surface area contributed by atoms with Crippen LogP contribution in [0.15, 0.2) is 18.9 Å². The molecule has 7 atom stereocenters. The van der Waals surface area contributed by atoms with Gasteiger partial charge in [-0.25, -0.2) is 33.2 Å². The van der Waals surface area contributed by atoms with Crippen LogP contribution in [0.25, 0.3) is 11.2 Å². The van der Waals surface area contributed by atoms with E-state index in [9.17, 15) is 47.9 Å². The number of aromatic nitrogens is 5. The monoisotopic (exact) mass is 736 g/mol. The van der Waals surface area contributed by atoms with Gasteiger partial charge in [0.25, 0.3) is 0 Å². The molecule has 0 saturated carbocycles. The Morgan fingerprint density at radius 1 is 0.957 bits per heavy atom. The number of phosphoric ester groups is 3. The largest absolute Gasteiger partial charge is 0.524 e. The minimum Gasteiger partial charge on any atom is -0.402 e. The number of aliphatic hydroxyl groups excluding tert-OH is 2. The molecule has 0 aromatic carbocycles. The second-order valence-electron chi connectivity index (χ2n) is 9.08. The fourth-order valence-electron chi connectivity index (χ4n) is 3.92. The second kappa shape index (κ2) is 13.5. The van der Waals surface area contributed by atoms with Gasteiger partial charge in [0, 0.05) is 11.8 Å². The number of fused-ring (bicyclic) bond motifs is 1. The van der Waals surface area contributed by atoms with Crippen LogP contribution in [0.4, 0.5) is 5.82 Å². The minimum atomic E-state index is -5.97. The fraction of sp³-hybridized carbons (Fsp3) is 0.389. The first-order valence-electron chi connectivity index (χ1n) is 12.1. The summed E-state index contributed by atoms with van der Waals surface area (Å²) in [7, 11) is -22.5. The molecule has 24 nitrogen and oxygen atoms in total. The summed E-state index contributed by atoms with van der Waals surface area (Å²) in [6.07, 6.45) is -3.15. The van der Waals surface area contributed by atoms with Gasteiger partial charge in [-0.05, 0) is 6.92 Å². The highest BCUT2D eigenvalue weighted by Gasteiger charge is 2.47. The van der Waals surface area contributed by atoms with E-state index in [4.69, 9.17) is 20.3 Å². The molecule has 3 unspecified atom stereocenters. The van der Waals surface area contributed by atoms with Gasteiger partial charge in [-0.3, -0.25) is 33.2 Å². The van der Waals surface area contributed by atoms with Crippen molar-refractivity contribution in [1.29, 1.82) is 0 Å². The first-order chi connectivity index (χ1) is 21.2. The Labute approximate surface area is 255 Å². The Bertz CT molecular complexity index is 1820. The number of aryl methyl sites for hydroxylation is 1. The van der Waals surface area contributed by atoms with Gasteiger partial charge in [-0.1, -0.05) is 0 Å². The van der Waals surface area contributed by atoms with Crippen molar-refractivity contribution in [3.05, 3.63) is 35.7 Å². The Morgan fingerprint density at radius 2 is 1.61 bits per heavy atom. The van der Waals surface area contributed by atoms with Gasteiger partial charge < -0.3 is 39.9 Å². The molecule has 4 rings (SSSR count). The molecule has 9 N–H and O–H groups in total. The number of hydrogen-bond donors (Lipinski definition) is 8. The number of aliphatic hydroxyl groups is 2. The molecule has 254 valence electrons. The number of imidazole rings is 1. The van der Waals surface area contributed by atoms with E-state index in [0.29, 0.717) is 0 Å². The van der Waals surface area contributed by atoms with Crippen molar-refractivity contribution in [2.24, 2.45) is 0 Å². The lowest BCUT2D eigenvalue weighted by Crippen LogP contribution is -2.33. The zero-order valence-corrected chi connectivity index (χ0v) is 26.3. The molecule has 4 heterocycles. The van der Waals surface area contributed by atoms with Crippen LogP contribution in [-0.4, -0.2) is 90.4 Å². The SMILES string of the molecule is Cc1ncc(COP(=O)(O)OP(=O)(O)OP(=O)(O)OC[C@H]2O[C@@H](n3cnc4c(N)ncnc43)[C@H](O)[C@@H]2O)c(C=O)c1OP(=O)(O)O. The standard InChI is InChI=1S/C18H24N6O18P4/c1-8-15(40-43(28,29)30)10(3-25)9(2-20-8)4-37-44(31,32)41-46(35,36)42-45(33,34)38-5-11-13(26)14(27)18(39-11)24-7-23-12-16(19)21-6-22-17(12)24/h2-3,6-7,11,13-14,18,26-27H,4-5H2,1H3,(H,31,32)(H,33,34)(H,35,36)(H2,19,21,22)(H2,28,29,30)/t11-,13-,14-,18-/m1/s1. The van der Waals surface area contributed by atoms with E-state index >= 15 is 0 Å². The van der Waals surface area contributed by atoms with Crippen LogP contribution in [0.1, 0.15) is 27.8 Å². The van der Waals surface area contributed by atoms with Crippen LogP contribution >= 0.6 is 31.3 Å². The van der Waals surface area contributed by atoms with E-state index in [1.54, 1.807) is 0 Å². The van der Waals surface area contributed by atoms with E-state index in [1.165, 1.54) is 17.8 Å². The molecule has 3 aromatic rings. The van der Waals surface area contributed by atoms with Crippen molar-refractivity contribution < 1.29 is 84.7 Å². The Kier molecular flexibility index (Phi) is 10.6. The lowest BCUT2D eigenvalue weighted by Gasteiger charge is -2.20. The van der Waals surface area contributed by atoms with Crippen molar-refractivity contribution in [1.82, 2.24) is 24.5 Å². The zero-order chi connectivity index (χ0) is 34.2. The highest BCUT2D eigenvalue weighted by Crippen LogP contribution is 2.68. The van der Waals surface area contributed by atoms with Crippen molar-refractivity contribution >= 4 is 54.6 Å². The molecule has 0 bridgehead atoms. The Balaban J connectivity index is 1.37. The quantitative estimate of drug-likeness (QED) is 0.0769. The van der Waals surface area contributed by atoms with Gasteiger partial charge >= 0.3 is 31.3 Å². The highest BCUT2D eigenvalue weighted by molar-refractivity contribution is 7.66. The van der Waals surface area contributed by atoms with Crippen molar-refractivity contribution in [2.75, 3.05) is 12.3 Å². The smallest absolute Gasteiger partial charge is 0.402 e. The Hall–Kier alpha value is -2.59. The predicted molar refractivity (Wildman–Crippen MR) is 145 cm³/mol. The lowest BCUT2D eigenvalue weighted by molar-refractivity contribution is -0.0503. The number of phosphoric acid groups is 4. The number of aldehydes is 1. The normalized spacial score (nSPS) is 24.3. The summed E-state index contributed by atoms with van der Waals surface area (Å²) in [4.78, 5) is 74.7. The van der Waals surface area contributed by atoms with Crippen molar-refractivity contribution in [2.45, 2.75) is 38.1 Å². The topological polar surface area (TPSA) is 365 Å². The minimum absolute atomic E-state index is 0.00306. The van der Waals surface area contributed by atoms with Crippen LogP contribution in [0.2, 0.25) is 0 Å². The van der Waals surface area contributed by atoms with Gasteiger partial charge in [0.2, 0.25) is 0 Å². The molecule has 3 aromatic heterocycles. The first-order valence-corrected chi connectivity index (χ1v) is 18.1. The number of nitrogens with zero attached hydrogens (tertiary/aromatic N) is 5. The van der Waals surface area contributed by atoms with Gasteiger partial charge in [0.15, 0.2) is 29.7 Å². The number of rotatable bonds is 14. The molecule has 0 spiro atoms. The summed E-state index contributed by atoms with van der Waals surface area (Å²) in [6.45, 7) is -0.941. The summed E-state index contributed by atoms with van der Waals surface area (Å²) in [5.41, 5.74) is 4.82. The predicted octanol–water partition coefficient (Wildman–Crippen LogP) is -0.417. The van der Waals surface area contributed by atoms with Crippen molar-refractivity contribution in [3.8, 4) is 5.75 Å². The van der Waals surface area contributed by atoms with E-state index < -0.39 is 85.9 Å². The molecule has 28 heteroatoms. The highest BCUT2D eigenvalue weighted by atomic mass is 31.3. The summed E-state index contributed by atoms with van der Waals surface area (Å²) in [6, 6.07) is 0. The second-order valence-corrected chi connectivity index (χ2v) is 14.9. The summed E-state index contributed by atoms with van der Waals surface area (Å²) in [5, 5.41) is 20.8. The van der Waals surface area contributed by atoms with E-state index in [1.807, 2.05) is 0 Å². The van der Waals surface area contributed by atoms with Crippen LogP contribution in [0, 0.1) is 6.92 Å². The average Bonchev–Trinajstić information content (AvgIpc) is 3.47. The molecule has 0 amide bonds. The number of nitrogen functional groups attached to an aromatic ring is 1. The van der Waals surface area contributed by atoms with Gasteiger partial charge in [0.05, 0.1) is 30.8 Å². The first kappa shape index (κ1) is 36.2. The third-order valence-electron chi connectivity index (χ3n) is 5.86. The van der Waals surface area contributed by atoms with Crippen LogP contribution < -0.4 is 10.3 Å².